The molecule has 0 aliphatic carbocycles. The lowest BCUT2D eigenvalue weighted by atomic mass is 10.5. The second kappa shape index (κ2) is 7.81. The fourth-order valence-corrected chi connectivity index (χ4v) is 0.516. The molecule has 0 bridgehead atoms. The van der Waals surface area contributed by atoms with Crippen LogP contribution in [0.15, 0.2) is 24.4 Å². The van der Waals surface area contributed by atoms with Crippen molar-refractivity contribution >= 4 is 6.03 Å². The maximum absolute atomic E-state index is 10.6. The largest absolute Gasteiger partial charge is 0.341 e. The fourth-order valence-electron chi connectivity index (χ4n) is 0.516. The Kier molecular flexibility index (Phi) is 6.97. The summed E-state index contributed by atoms with van der Waals surface area (Å²) >= 11 is 0. The minimum absolute atomic E-state index is 0.215. The average molecular weight is 169 g/mol. The molecule has 3 N–H and O–H groups in total. The minimum atomic E-state index is -0.215. The van der Waals surface area contributed by atoms with Gasteiger partial charge in [-0.1, -0.05) is 12.2 Å². The number of carbonyl (C=O) groups excluding carboxylic acids is 1. The monoisotopic (exact) mass is 169 g/mol. The van der Waals surface area contributed by atoms with E-state index in [1.165, 1.54) is 0 Å². The van der Waals surface area contributed by atoms with Gasteiger partial charge in [0.1, 0.15) is 0 Å². The van der Waals surface area contributed by atoms with E-state index in [-0.39, 0.29) is 6.03 Å². The lowest BCUT2D eigenvalue weighted by molar-refractivity contribution is 0.246. The highest BCUT2D eigenvalue weighted by molar-refractivity contribution is 5.74. The zero-order valence-corrected chi connectivity index (χ0v) is 7.42. The minimum Gasteiger partial charge on any atom is -0.341 e. The summed E-state index contributed by atoms with van der Waals surface area (Å²) in [5, 5.41) is 7.89. The van der Waals surface area contributed by atoms with E-state index in [4.69, 9.17) is 0 Å². The first-order valence-corrected chi connectivity index (χ1v) is 3.75. The molecule has 0 atom stereocenters. The molecule has 2 amide bonds. The fraction of sp³-hybridized carbons (Fsp3) is 0.375. The summed E-state index contributed by atoms with van der Waals surface area (Å²) in [5.41, 5.74) is 0. The molecule has 0 fully saturated rings. The van der Waals surface area contributed by atoms with Gasteiger partial charge in [0.05, 0.1) is 0 Å². The van der Waals surface area contributed by atoms with Gasteiger partial charge in [0, 0.05) is 19.8 Å². The molecule has 0 rings (SSSR count). The van der Waals surface area contributed by atoms with Crippen LogP contribution in [0.1, 0.15) is 0 Å². The highest BCUT2D eigenvalue weighted by Gasteiger charge is 1.85. The number of rotatable bonds is 4. The molecule has 0 heterocycles. The molecule has 12 heavy (non-hydrogen) atoms. The number of urea groups is 1. The Morgan fingerprint density at radius 3 is 2.67 bits per heavy atom. The van der Waals surface area contributed by atoms with E-state index >= 15 is 0 Å². The van der Waals surface area contributed by atoms with E-state index in [1.54, 1.807) is 19.3 Å². The van der Waals surface area contributed by atoms with Crippen LogP contribution in [0.3, 0.4) is 0 Å². The number of hydrogen-bond acceptors (Lipinski definition) is 2. The topological polar surface area (TPSA) is 53.2 Å². The molecule has 4 nitrogen and oxygen atoms in total. The molecule has 0 aliphatic rings. The molecule has 0 aliphatic heterocycles. The quantitative estimate of drug-likeness (QED) is 0.527. The Labute approximate surface area is 72.7 Å². The van der Waals surface area contributed by atoms with Gasteiger partial charge in [0.25, 0.3) is 0 Å². The van der Waals surface area contributed by atoms with Crippen LogP contribution in [0, 0.1) is 0 Å². The maximum Gasteiger partial charge on any atom is 0.318 e. The van der Waals surface area contributed by atoms with Crippen molar-refractivity contribution in [2.75, 3.05) is 20.6 Å². The average Bonchev–Trinajstić information content (AvgIpc) is 2.10. The van der Waals surface area contributed by atoms with Crippen LogP contribution < -0.4 is 16.0 Å². The lowest BCUT2D eigenvalue weighted by Crippen LogP contribution is -2.28. The summed E-state index contributed by atoms with van der Waals surface area (Å²) in [4.78, 5) is 10.6. The lowest BCUT2D eigenvalue weighted by Gasteiger charge is -1.94. The summed E-state index contributed by atoms with van der Waals surface area (Å²) in [6, 6.07) is -0.215. The van der Waals surface area contributed by atoms with E-state index in [0.717, 1.165) is 6.54 Å². The van der Waals surface area contributed by atoms with Gasteiger partial charge >= 0.3 is 6.03 Å². The molecule has 0 aromatic heterocycles. The Morgan fingerprint density at radius 2 is 2.08 bits per heavy atom. The molecule has 0 spiro atoms. The zero-order valence-electron chi connectivity index (χ0n) is 7.42. The van der Waals surface area contributed by atoms with Crippen LogP contribution in [-0.4, -0.2) is 26.7 Å². The van der Waals surface area contributed by atoms with Gasteiger partial charge < -0.3 is 16.0 Å². The molecule has 0 saturated heterocycles. The van der Waals surface area contributed by atoms with Crippen molar-refractivity contribution in [2.45, 2.75) is 0 Å². The SMILES string of the molecule is CNC/C=C\C=C/NC(=O)NC. The first-order valence-electron chi connectivity index (χ1n) is 3.75. The van der Waals surface area contributed by atoms with E-state index in [0.29, 0.717) is 0 Å². The second-order valence-corrected chi connectivity index (χ2v) is 2.07. The van der Waals surface area contributed by atoms with Gasteiger partial charge in [-0.3, -0.25) is 0 Å². The summed E-state index contributed by atoms with van der Waals surface area (Å²) < 4.78 is 0. The Hall–Kier alpha value is -1.29. The Balaban J connectivity index is 3.42. The van der Waals surface area contributed by atoms with E-state index in [1.807, 2.05) is 19.2 Å². The van der Waals surface area contributed by atoms with Gasteiger partial charge in [0.15, 0.2) is 0 Å². The highest BCUT2D eigenvalue weighted by atomic mass is 16.2. The first kappa shape index (κ1) is 10.7. The number of nitrogens with one attached hydrogen (secondary N) is 3. The first-order chi connectivity index (χ1) is 5.81. The molecule has 4 heteroatoms. The number of hydrogen-bond donors (Lipinski definition) is 3. The number of carbonyl (C=O) groups is 1. The highest BCUT2D eigenvalue weighted by Crippen LogP contribution is 1.73. The molecular formula is C8H15N3O. The molecule has 0 unspecified atom stereocenters. The van der Waals surface area contributed by atoms with Crippen molar-refractivity contribution in [3.63, 3.8) is 0 Å². The zero-order chi connectivity index (χ0) is 9.23. The van der Waals surface area contributed by atoms with Crippen molar-refractivity contribution in [1.82, 2.24) is 16.0 Å². The third kappa shape index (κ3) is 6.82. The molecular weight excluding hydrogens is 154 g/mol. The summed E-state index contributed by atoms with van der Waals surface area (Å²) in [5.74, 6) is 0. The van der Waals surface area contributed by atoms with Gasteiger partial charge in [-0.25, -0.2) is 4.79 Å². The summed E-state index contributed by atoms with van der Waals surface area (Å²) in [6.07, 6.45) is 7.13. The normalized spacial score (nSPS) is 10.8. The van der Waals surface area contributed by atoms with Crippen molar-refractivity contribution in [3.05, 3.63) is 24.4 Å². The Bertz CT molecular complexity index is 175. The van der Waals surface area contributed by atoms with Crippen molar-refractivity contribution < 1.29 is 4.79 Å². The molecule has 0 saturated carbocycles. The summed E-state index contributed by atoms with van der Waals surface area (Å²) in [7, 11) is 3.44. The van der Waals surface area contributed by atoms with Crippen LogP contribution >= 0.6 is 0 Å². The van der Waals surface area contributed by atoms with E-state index < -0.39 is 0 Å². The van der Waals surface area contributed by atoms with Gasteiger partial charge in [0.2, 0.25) is 0 Å². The van der Waals surface area contributed by atoms with Gasteiger partial charge in [-0.2, -0.15) is 0 Å². The molecule has 0 aromatic rings. The molecule has 0 radical (unpaired) electrons. The Morgan fingerprint density at radius 1 is 1.33 bits per heavy atom. The third-order valence-electron chi connectivity index (χ3n) is 1.11. The summed E-state index contributed by atoms with van der Waals surface area (Å²) in [6.45, 7) is 0.824. The predicted molar refractivity (Wildman–Crippen MR) is 49.8 cm³/mol. The number of likely N-dealkylation sites (N-methyl/N-ethyl adjacent to an activating group) is 1. The number of allylic oxidation sites excluding steroid dienone is 2. The third-order valence-corrected chi connectivity index (χ3v) is 1.11. The van der Waals surface area contributed by atoms with Crippen molar-refractivity contribution in [2.24, 2.45) is 0 Å². The van der Waals surface area contributed by atoms with Gasteiger partial charge in [-0.05, 0) is 13.1 Å². The molecule has 68 valence electrons. The second-order valence-electron chi connectivity index (χ2n) is 2.07. The van der Waals surface area contributed by atoms with Crippen LogP contribution in [-0.2, 0) is 0 Å². The standard InChI is InChI=1S/C8H15N3O/c1-9-6-4-3-5-7-11-8(12)10-2/h3-5,7,9H,6H2,1-2H3,(H2,10,11,12)/b4-3-,7-5-. The number of amides is 2. The predicted octanol–water partition coefficient (Wildman–Crippen LogP) is 0.205. The smallest absolute Gasteiger partial charge is 0.318 e. The van der Waals surface area contributed by atoms with E-state index in [9.17, 15) is 4.79 Å². The van der Waals surface area contributed by atoms with Crippen LogP contribution in [0.5, 0.6) is 0 Å². The maximum atomic E-state index is 10.6. The van der Waals surface area contributed by atoms with Crippen molar-refractivity contribution in [3.8, 4) is 0 Å². The van der Waals surface area contributed by atoms with Crippen LogP contribution in [0.25, 0.3) is 0 Å². The molecule has 0 aromatic carbocycles. The van der Waals surface area contributed by atoms with Gasteiger partial charge in [-0.15, -0.1) is 0 Å². The van der Waals surface area contributed by atoms with Crippen LogP contribution in [0.4, 0.5) is 4.79 Å². The van der Waals surface area contributed by atoms with Crippen molar-refractivity contribution in [1.29, 1.82) is 0 Å². The van der Waals surface area contributed by atoms with E-state index in [2.05, 4.69) is 16.0 Å². The van der Waals surface area contributed by atoms with Crippen LogP contribution in [0.2, 0.25) is 0 Å².